The molecule has 0 spiro atoms. The van der Waals surface area contributed by atoms with Crippen LogP contribution in [-0.2, 0) is 0 Å². The Morgan fingerprint density at radius 2 is 0.526 bits per heavy atom. The predicted molar refractivity (Wildman–Crippen MR) is 111 cm³/mol. The molecule has 0 aromatic heterocycles. The maximum atomic E-state index is 14.7. The van der Waals surface area contributed by atoms with Crippen molar-refractivity contribution in [2.45, 2.75) is 112 Å². The van der Waals surface area contributed by atoms with Crippen LogP contribution in [0, 0.1) is 32.5 Å². The number of hydrogen-bond acceptors (Lipinski definition) is 0. The molecule has 4 atom stereocenters. The van der Waals surface area contributed by atoms with Gasteiger partial charge in [0.2, 0.25) is 0 Å². The maximum Gasteiger partial charge on any atom is 0.394 e. The van der Waals surface area contributed by atoms with Gasteiger partial charge in [-0.3, -0.25) is 0 Å². The number of rotatable bonds is 1. The maximum absolute atomic E-state index is 14.7. The summed E-state index contributed by atoms with van der Waals surface area (Å²) in [5.74, 6) is 0. The van der Waals surface area contributed by atoms with Gasteiger partial charge >= 0.3 is 24.7 Å². The first-order valence-corrected chi connectivity index (χ1v) is 13.1. The van der Waals surface area contributed by atoms with Gasteiger partial charge in [-0.15, -0.1) is 23.2 Å². The molecule has 8 rings (SSSR count). The molecule has 0 N–H and O–H groups in total. The Morgan fingerprint density at radius 1 is 0.316 bits per heavy atom. The highest BCUT2D eigenvalue weighted by Gasteiger charge is 2.87. The lowest BCUT2D eigenvalue weighted by Crippen LogP contribution is -2.77. The van der Waals surface area contributed by atoms with Gasteiger partial charge in [0, 0.05) is 9.75 Å². The summed E-state index contributed by atoms with van der Waals surface area (Å²) >= 11 is 13.1. The highest BCUT2D eigenvalue weighted by molar-refractivity contribution is 6.24. The first-order valence-electron chi connectivity index (χ1n) is 12.4. The summed E-state index contributed by atoms with van der Waals surface area (Å²) in [6.45, 7) is 0. The Hall–Kier alpha value is -0.260. The van der Waals surface area contributed by atoms with E-state index in [9.17, 15) is 52.7 Å². The zero-order valence-electron chi connectivity index (χ0n) is 19.8. The highest BCUT2D eigenvalue weighted by atomic mass is 35.5. The van der Waals surface area contributed by atoms with Crippen LogP contribution in [0.25, 0.3) is 0 Å². The fourth-order valence-corrected chi connectivity index (χ4v) is 12.9. The molecular weight excluding hydrogens is 587 g/mol. The van der Waals surface area contributed by atoms with Gasteiger partial charge in [-0.25, -0.2) is 0 Å². The molecule has 218 valence electrons. The Morgan fingerprint density at radius 3 is 0.711 bits per heavy atom. The minimum Gasteiger partial charge on any atom is -0.171 e. The molecule has 38 heavy (non-hydrogen) atoms. The third kappa shape index (κ3) is 3.17. The lowest BCUT2D eigenvalue weighted by Gasteiger charge is -2.78. The number of hydrogen-bond donors (Lipinski definition) is 0. The van der Waals surface area contributed by atoms with Crippen LogP contribution < -0.4 is 0 Å². The van der Waals surface area contributed by atoms with Crippen molar-refractivity contribution in [1.29, 1.82) is 0 Å². The fourth-order valence-electron chi connectivity index (χ4n) is 11.4. The Bertz CT molecular complexity index is 924. The number of alkyl halides is 14. The Kier molecular flexibility index (Phi) is 4.91. The second-order valence-corrected chi connectivity index (χ2v) is 15.7. The van der Waals surface area contributed by atoms with Crippen LogP contribution in [0.5, 0.6) is 0 Å². The first-order chi connectivity index (χ1) is 16.7. The van der Waals surface area contributed by atoms with Crippen molar-refractivity contribution in [2.24, 2.45) is 32.5 Å². The lowest BCUT2D eigenvalue weighted by atomic mass is 9.27. The molecule has 0 saturated heterocycles. The minimum atomic E-state index is -5.18. The van der Waals surface area contributed by atoms with Crippen LogP contribution in [0.1, 0.15) is 77.0 Å². The van der Waals surface area contributed by atoms with Gasteiger partial charge in [-0.2, -0.15) is 52.7 Å². The summed E-state index contributed by atoms with van der Waals surface area (Å²) in [4.78, 5) is -4.11. The standard InChI is InChI=1S/C24H24Cl2F12/c25-19-7-13(1-15(9-19,21(27,28)29)5-16(2-13,10-19)22(30,31)32)14-3-17(23(33,34)35)6-18(4-14,24(36,37)38)12-20(26,8-14)11-17/h1-12H2. The van der Waals surface area contributed by atoms with Crippen molar-refractivity contribution >= 4 is 23.2 Å². The van der Waals surface area contributed by atoms with Crippen molar-refractivity contribution < 1.29 is 52.7 Å². The Labute approximate surface area is 220 Å². The van der Waals surface area contributed by atoms with Gasteiger partial charge in [-0.05, 0) is 87.9 Å². The van der Waals surface area contributed by atoms with Gasteiger partial charge in [-0.1, -0.05) is 0 Å². The summed E-state index contributed by atoms with van der Waals surface area (Å²) in [6, 6.07) is 0. The van der Waals surface area contributed by atoms with Crippen molar-refractivity contribution in [3.8, 4) is 0 Å². The van der Waals surface area contributed by atoms with Gasteiger partial charge in [0.25, 0.3) is 0 Å². The van der Waals surface area contributed by atoms with Crippen molar-refractivity contribution in [3.63, 3.8) is 0 Å². The molecule has 0 aromatic rings. The summed E-state index contributed by atoms with van der Waals surface area (Å²) in [5.41, 5.74) is -16.1. The van der Waals surface area contributed by atoms with E-state index in [0.29, 0.717) is 0 Å². The first kappa shape index (κ1) is 27.9. The van der Waals surface area contributed by atoms with E-state index in [2.05, 4.69) is 0 Å². The van der Waals surface area contributed by atoms with Crippen LogP contribution in [0.4, 0.5) is 52.7 Å². The van der Waals surface area contributed by atoms with Gasteiger partial charge < -0.3 is 0 Å². The molecule has 8 saturated carbocycles. The highest BCUT2D eigenvalue weighted by Crippen LogP contribution is 2.88. The molecule has 8 fully saturated rings. The Balaban J connectivity index is 1.62. The van der Waals surface area contributed by atoms with Gasteiger partial charge in [0.05, 0.1) is 21.7 Å². The topological polar surface area (TPSA) is 0 Å². The van der Waals surface area contributed by atoms with Gasteiger partial charge in [0.1, 0.15) is 0 Å². The summed E-state index contributed by atoms with van der Waals surface area (Å²) in [5, 5.41) is 0. The number of halogens is 14. The van der Waals surface area contributed by atoms with Crippen LogP contribution in [0.3, 0.4) is 0 Å². The van der Waals surface area contributed by atoms with E-state index in [4.69, 9.17) is 23.2 Å². The van der Waals surface area contributed by atoms with Crippen molar-refractivity contribution in [2.75, 3.05) is 0 Å². The molecule has 8 aliphatic rings. The van der Waals surface area contributed by atoms with Crippen LogP contribution in [0.15, 0.2) is 0 Å². The van der Waals surface area contributed by atoms with Crippen LogP contribution in [0.2, 0.25) is 0 Å². The molecule has 0 radical (unpaired) electrons. The average molecular weight is 611 g/mol. The SMILES string of the molecule is FC(F)(F)C12CC3(Cl)CC(C(F)(F)F)(C1)CC(C14CC5(Cl)CC(C(F)(F)F)(CC(C(F)(F)F)(C5)C1)C4)(C3)C2. The predicted octanol–water partition coefficient (Wildman–Crippen LogP) is 9.87. The van der Waals surface area contributed by atoms with E-state index < -0.39 is 144 Å². The molecule has 0 aliphatic heterocycles. The van der Waals surface area contributed by atoms with Crippen molar-refractivity contribution in [1.82, 2.24) is 0 Å². The molecule has 0 aromatic carbocycles. The molecular formula is C24H24Cl2F12. The molecule has 0 amide bonds. The van der Waals surface area contributed by atoms with Crippen molar-refractivity contribution in [3.05, 3.63) is 0 Å². The third-order valence-electron chi connectivity index (χ3n) is 11.5. The quantitative estimate of drug-likeness (QED) is 0.205. The van der Waals surface area contributed by atoms with Crippen LogP contribution in [-0.4, -0.2) is 34.5 Å². The zero-order chi connectivity index (χ0) is 28.5. The smallest absolute Gasteiger partial charge is 0.171 e. The van der Waals surface area contributed by atoms with E-state index in [1.165, 1.54) is 0 Å². The molecule has 0 heterocycles. The molecule has 8 bridgehead atoms. The fraction of sp³-hybridized carbons (Fsp3) is 1.00. The zero-order valence-corrected chi connectivity index (χ0v) is 21.3. The second-order valence-electron chi connectivity index (χ2n) is 14.1. The summed E-state index contributed by atoms with van der Waals surface area (Å²) in [7, 11) is 0. The van der Waals surface area contributed by atoms with E-state index in [0.717, 1.165) is 0 Å². The van der Waals surface area contributed by atoms with E-state index in [1.807, 2.05) is 0 Å². The van der Waals surface area contributed by atoms with Gasteiger partial charge in [0.15, 0.2) is 0 Å². The van der Waals surface area contributed by atoms with E-state index in [1.54, 1.807) is 0 Å². The summed E-state index contributed by atoms with van der Waals surface area (Å²) < 4.78 is 176. The second kappa shape index (κ2) is 6.69. The summed E-state index contributed by atoms with van der Waals surface area (Å²) in [6.07, 6.45) is -31.6. The monoisotopic (exact) mass is 610 g/mol. The molecule has 8 aliphatic carbocycles. The molecule has 14 heteroatoms. The van der Waals surface area contributed by atoms with Crippen LogP contribution >= 0.6 is 23.2 Å². The molecule has 4 unspecified atom stereocenters. The molecule has 0 nitrogen and oxygen atoms in total. The lowest BCUT2D eigenvalue weighted by molar-refractivity contribution is -0.396. The average Bonchev–Trinajstić information content (AvgIpc) is 2.60. The normalized spacial score (nSPS) is 54.2. The minimum absolute atomic E-state index is 0.494. The van der Waals surface area contributed by atoms with E-state index >= 15 is 0 Å². The largest absolute Gasteiger partial charge is 0.394 e. The third-order valence-corrected chi connectivity index (χ3v) is 12.3. The van der Waals surface area contributed by atoms with E-state index in [-0.39, 0.29) is 0 Å².